The molecule has 1 fully saturated rings. The molecule has 2 aliphatic rings. The van der Waals surface area contributed by atoms with Gasteiger partial charge in [-0.05, 0) is 37.6 Å². The molecule has 0 radical (unpaired) electrons. The van der Waals surface area contributed by atoms with Crippen LogP contribution in [0.15, 0.2) is 24.3 Å². The number of fused-ring (bicyclic) bond motifs is 1. The summed E-state index contributed by atoms with van der Waals surface area (Å²) in [5, 5.41) is 10.6. The lowest BCUT2D eigenvalue weighted by atomic mass is 10.1. The van der Waals surface area contributed by atoms with E-state index in [0.717, 1.165) is 43.2 Å². The van der Waals surface area contributed by atoms with Gasteiger partial charge >= 0.3 is 0 Å². The summed E-state index contributed by atoms with van der Waals surface area (Å²) < 4.78 is 11.3. The molecule has 6 heteroatoms. The normalized spacial score (nSPS) is 18.8. The van der Waals surface area contributed by atoms with Crippen molar-refractivity contribution in [3.8, 4) is 11.5 Å². The van der Waals surface area contributed by atoms with E-state index in [-0.39, 0.29) is 0 Å². The summed E-state index contributed by atoms with van der Waals surface area (Å²) >= 11 is 1.76. The molecule has 0 saturated carbocycles. The van der Waals surface area contributed by atoms with E-state index < -0.39 is 6.10 Å². The molecule has 2 aliphatic heterocycles. The number of nitrogens with zero attached hydrogens (tertiary/aromatic N) is 2. The van der Waals surface area contributed by atoms with Gasteiger partial charge in [0, 0.05) is 54.2 Å². The zero-order valence-electron chi connectivity index (χ0n) is 15.4. The fraction of sp³-hybridized carbons (Fsp3) is 0.500. The van der Waals surface area contributed by atoms with E-state index >= 15 is 0 Å². The quantitative estimate of drug-likeness (QED) is 0.891. The van der Waals surface area contributed by atoms with Gasteiger partial charge in [-0.3, -0.25) is 4.90 Å². The molecule has 140 valence electrons. The Morgan fingerprint density at radius 2 is 1.77 bits per heavy atom. The predicted octanol–water partition coefficient (Wildman–Crippen LogP) is 2.99. The fourth-order valence-corrected chi connectivity index (χ4v) is 4.72. The van der Waals surface area contributed by atoms with Crippen molar-refractivity contribution < 1.29 is 14.6 Å². The Labute approximate surface area is 158 Å². The highest BCUT2D eigenvalue weighted by Gasteiger charge is 2.23. The second kappa shape index (κ2) is 7.47. The Kier molecular flexibility index (Phi) is 5.07. The number of ether oxygens (including phenoxy) is 2. The van der Waals surface area contributed by atoms with Gasteiger partial charge in [0.2, 0.25) is 0 Å². The van der Waals surface area contributed by atoms with Crippen molar-refractivity contribution in [3.05, 3.63) is 39.6 Å². The Balaban J connectivity index is 1.35. The Morgan fingerprint density at radius 1 is 1.04 bits per heavy atom. The van der Waals surface area contributed by atoms with Crippen LogP contribution in [0.2, 0.25) is 0 Å². The SMILES string of the molecule is Cc1cc([C@@H](O)CN2CCN(c3ccc4c(c3)OCCO4)CC2)c(C)s1. The number of aliphatic hydroxyl groups excluding tert-OH is 1. The smallest absolute Gasteiger partial charge is 0.163 e. The molecule has 0 spiro atoms. The van der Waals surface area contributed by atoms with Crippen LogP contribution in [0.3, 0.4) is 0 Å². The second-order valence-electron chi connectivity index (χ2n) is 7.00. The number of benzene rings is 1. The third kappa shape index (κ3) is 3.68. The summed E-state index contributed by atoms with van der Waals surface area (Å²) in [6, 6.07) is 8.31. The maximum atomic E-state index is 10.6. The average Bonchev–Trinajstić information content (AvgIpc) is 3.00. The van der Waals surface area contributed by atoms with Crippen molar-refractivity contribution in [3.63, 3.8) is 0 Å². The molecule has 1 saturated heterocycles. The van der Waals surface area contributed by atoms with Crippen LogP contribution < -0.4 is 14.4 Å². The minimum Gasteiger partial charge on any atom is -0.486 e. The summed E-state index contributed by atoms with van der Waals surface area (Å²) in [6.07, 6.45) is -0.402. The van der Waals surface area contributed by atoms with E-state index in [1.807, 2.05) is 6.07 Å². The van der Waals surface area contributed by atoms with Gasteiger partial charge < -0.3 is 19.5 Å². The number of aryl methyl sites for hydroxylation is 2. The lowest BCUT2D eigenvalue weighted by molar-refractivity contribution is 0.109. The van der Waals surface area contributed by atoms with Crippen molar-refractivity contribution in [2.45, 2.75) is 20.0 Å². The maximum Gasteiger partial charge on any atom is 0.163 e. The van der Waals surface area contributed by atoms with E-state index in [4.69, 9.17) is 9.47 Å². The standard InChI is InChI=1S/C20H26N2O3S/c1-14-11-17(15(2)26-14)18(23)13-21-5-7-22(8-6-21)16-3-4-19-20(12-16)25-10-9-24-19/h3-4,11-12,18,23H,5-10,13H2,1-2H3/t18-/m0/s1. The third-order valence-corrected chi connectivity index (χ3v) is 6.11. The van der Waals surface area contributed by atoms with Gasteiger partial charge in [0.1, 0.15) is 13.2 Å². The number of thiophene rings is 1. The zero-order chi connectivity index (χ0) is 18.1. The van der Waals surface area contributed by atoms with Crippen LogP contribution >= 0.6 is 11.3 Å². The van der Waals surface area contributed by atoms with Crippen LogP contribution in [0.25, 0.3) is 0 Å². The van der Waals surface area contributed by atoms with Crippen LogP contribution in [0.5, 0.6) is 11.5 Å². The van der Waals surface area contributed by atoms with Gasteiger partial charge in [0.05, 0.1) is 6.10 Å². The van der Waals surface area contributed by atoms with Gasteiger partial charge in [-0.1, -0.05) is 0 Å². The molecule has 0 unspecified atom stereocenters. The van der Waals surface area contributed by atoms with Crippen LogP contribution in [-0.4, -0.2) is 55.9 Å². The minimum atomic E-state index is -0.402. The first-order valence-corrected chi connectivity index (χ1v) is 10.0. The zero-order valence-corrected chi connectivity index (χ0v) is 16.2. The average molecular weight is 375 g/mol. The molecule has 3 heterocycles. The minimum absolute atomic E-state index is 0.402. The number of rotatable bonds is 4. The highest BCUT2D eigenvalue weighted by Crippen LogP contribution is 2.34. The van der Waals surface area contributed by atoms with Crippen LogP contribution in [-0.2, 0) is 0 Å². The van der Waals surface area contributed by atoms with E-state index in [1.165, 1.54) is 15.4 Å². The lowest BCUT2D eigenvalue weighted by Crippen LogP contribution is -2.47. The number of hydrogen-bond acceptors (Lipinski definition) is 6. The summed E-state index contributed by atoms with van der Waals surface area (Å²) in [7, 11) is 0. The van der Waals surface area contributed by atoms with E-state index in [9.17, 15) is 5.11 Å². The molecular weight excluding hydrogens is 348 g/mol. The van der Waals surface area contributed by atoms with Crippen molar-refractivity contribution in [2.24, 2.45) is 0 Å². The molecule has 26 heavy (non-hydrogen) atoms. The van der Waals surface area contributed by atoms with E-state index in [0.29, 0.717) is 19.8 Å². The number of anilines is 1. The first kappa shape index (κ1) is 17.6. The molecule has 0 amide bonds. The monoisotopic (exact) mass is 374 g/mol. The van der Waals surface area contributed by atoms with E-state index in [1.54, 1.807) is 11.3 Å². The first-order chi connectivity index (χ1) is 12.6. The van der Waals surface area contributed by atoms with Crippen molar-refractivity contribution >= 4 is 17.0 Å². The molecule has 1 aromatic heterocycles. The molecule has 4 rings (SSSR count). The topological polar surface area (TPSA) is 45.2 Å². The summed E-state index contributed by atoms with van der Waals surface area (Å²) in [5.74, 6) is 1.68. The molecule has 1 atom stereocenters. The number of aliphatic hydroxyl groups is 1. The van der Waals surface area contributed by atoms with Crippen LogP contribution in [0, 0.1) is 13.8 Å². The molecule has 0 aliphatic carbocycles. The molecular formula is C20H26N2O3S. The summed E-state index contributed by atoms with van der Waals surface area (Å²) in [5.41, 5.74) is 2.26. The Bertz CT molecular complexity index is 768. The fourth-order valence-electron chi connectivity index (χ4n) is 3.74. The molecule has 0 bridgehead atoms. The Morgan fingerprint density at radius 3 is 2.46 bits per heavy atom. The Hall–Kier alpha value is -1.76. The van der Waals surface area contributed by atoms with Gasteiger partial charge in [-0.25, -0.2) is 0 Å². The largest absolute Gasteiger partial charge is 0.486 e. The maximum absolute atomic E-state index is 10.6. The summed E-state index contributed by atoms with van der Waals surface area (Å²) in [4.78, 5) is 7.22. The number of β-amino-alcohol motifs (C(OH)–C–C–N with tert-alkyl or cyclic N) is 1. The number of piperazine rings is 1. The second-order valence-corrected chi connectivity index (χ2v) is 8.46. The third-order valence-electron chi connectivity index (χ3n) is 5.13. The van der Waals surface area contributed by atoms with Gasteiger partial charge in [-0.15, -0.1) is 11.3 Å². The van der Waals surface area contributed by atoms with Crippen LogP contribution in [0.1, 0.15) is 21.4 Å². The summed E-state index contributed by atoms with van der Waals surface area (Å²) in [6.45, 7) is 9.94. The highest BCUT2D eigenvalue weighted by molar-refractivity contribution is 7.12. The van der Waals surface area contributed by atoms with E-state index in [2.05, 4.69) is 41.8 Å². The van der Waals surface area contributed by atoms with Crippen molar-refractivity contribution in [2.75, 3.05) is 50.8 Å². The number of hydrogen-bond donors (Lipinski definition) is 1. The van der Waals surface area contributed by atoms with Crippen molar-refractivity contribution in [1.29, 1.82) is 0 Å². The highest BCUT2D eigenvalue weighted by atomic mass is 32.1. The molecule has 1 N–H and O–H groups in total. The van der Waals surface area contributed by atoms with Crippen LogP contribution in [0.4, 0.5) is 5.69 Å². The van der Waals surface area contributed by atoms with Gasteiger partial charge in [0.15, 0.2) is 11.5 Å². The van der Waals surface area contributed by atoms with Gasteiger partial charge in [0.25, 0.3) is 0 Å². The lowest BCUT2D eigenvalue weighted by Gasteiger charge is -2.37. The molecule has 2 aromatic rings. The van der Waals surface area contributed by atoms with Gasteiger partial charge in [-0.2, -0.15) is 0 Å². The van der Waals surface area contributed by atoms with Crippen molar-refractivity contribution in [1.82, 2.24) is 4.90 Å². The first-order valence-electron chi connectivity index (χ1n) is 9.22. The molecule has 5 nitrogen and oxygen atoms in total. The predicted molar refractivity (Wildman–Crippen MR) is 105 cm³/mol. The molecule has 1 aromatic carbocycles.